The Morgan fingerprint density at radius 2 is 1.82 bits per heavy atom. The fraction of sp³-hybridized carbons (Fsp3) is 0.457. The number of methoxy groups -OCH3 is 1. The third kappa shape index (κ3) is 5.56. The number of hydrogen-bond donors (Lipinski definition) is 1. The number of nitrogens with zero attached hydrogens (tertiary/aromatic N) is 3. The fourth-order valence-electron chi connectivity index (χ4n) is 7.47. The zero-order chi connectivity index (χ0) is 31.4. The summed E-state index contributed by atoms with van der Waals surface area (Å²) in [5.41, 5.74) is 1.62. The number of ether oxygens (including phenoxy) is 1. The second-order valence-electron chi connectivity index (χ2n) is 11.8. The first kappa shape index (κ1) is 31.9. The summed E-state index contributed by atoms with van der Waals surface area (Å²) in [7, 11) is 1.59. The molecule has 0 radical (unpaired) electrons. The molecule has 2 bridgehead atoms. The van der Waals surface area contributed by atoms with E-state index in [0.717, 1.165) is 18.4 Å². The molecule has 3 amide bonds. The molecule has 234 valence electrons. The zero-order valence-corrected chi connectivity index (χ0v) is 26.5. The molecule has 5 rings (SSSR count). The minimum Gasteiger partial charge on any atom is -0.497 e. The number of carbonyl (C=O) groups excluding carboxylic acids is 3. The van der Waals surface area contributed by atoms with Gasteiger partial charge in [0.05, 0.1) is 36.3 Å². The number of aliphatic hydroxyl groups excluding tert-OH is 1. The lowest BCUT2D eigenvalue weighted by Gasteiger charge is -2.39. The van der Waals surface area contributed by atoms with Crippen LogP contribution in [-0.2, 0) is 20.8 Å². The molecular weight excluding hydrogens is 574 g/mol. The maximum atomic E-state index is 14.9. The van der Waals surface area contributed by atoms with Crippen LogP contribution >= 0.6 is 11.8 Å². The van der Waals surface area contributed by atoms with Crippen molar-refractivity contribution in [3.8, 4) is 5.75 Å². The molecule has 3 fully saturated rings. The van der Waals surface area contributed by atoms with E-state index in [1.165, 1.54) is 0 Å². The molecule has 3 aliphatic heterocycles. The van der Waals surface area contributed by atoms with Crippen molar-refractivity contribution in [3.63, 3.8) is 0 Å². The molecule has 44 heavy (non-hydrogen) atoms. The first-order valence-electron chi connectivity index (χ1n) is 15.5. The van der Waals surface area contributed by atoms with Gasteiger partial charge in [0.2, 0.25) is 11.8 Å². The van der Waals surface area contributed by atoms with E-state index < -0.39 is 28.7 Å². The molecule has 3 heterocycles. The molecule has 6 atom stereocenters. The van der Waals surface area contributed by atoms with Crippen molar-refractivity contribution in [2.24, 2.45) is 11.8 Å². The van der Waals surface area contributed by atoms with E-state index in [0.29, 0.717) is 37.4 Å². The molecule has 0 aliphatic carbocycles. The maximum absolute atomic E-state index is 14.9. The molecule has 1 N–H and O–H groups in total. The van der Waals surface area contributed by atoms with E-state index in [1.54, 1.807) is 57.9 Å². The van der Waals surface area contributed by atoms with Gasteiger partial charge in [0.1, 0.15) is 11.8 Å². The molecule has 2 aromatic rings. The van der Waals surface area contributed by atoms with Gasteiger partial charge in [-0.25, -0.2) is 0 Å². The standard InChI is InChI=1S/C35H43N3O5S/c1-5-19-36(20-6-2)32(40)29-28-17-18-35(44-28)30(29)33(41)38(26(23-39)22-24-11-9-8-10-12-24)31(35)34(42)37(21-7-3)25-13-15-27(43-4)16-14-25/h5,7-16,26,28-31,39H,1,3,6,17-23H2,2,4H3/t26-,28+,29-,30+,31?,35?/m1/s1. The van der Waals surface area contributed by atoms with Crippen LogP contribution in [0.25, 0.3) is 0 Å². The second-order valence-corrected chi connectivity index (χ2v) is 13.4. The average Bonchev–Trinajstić information content (AvgIpc) is 3.69. The van der Waals surface area contributed by atoms with Gasteiger partial charge in [0, 0.05) is 30.6 Å². The van der Waals surface area contributed by atoms with Gasteiger partial charge in [-0.1, -0.05) is 49.4 Å². The smallest absolute Gasteiger partial charge is 0.251 e. The van der Waals surface area contributed by atoms with Crippen LogP contribution in [0.2, 0.25) is 0 Å². The molecule has 3 aliphatic rings. The number of likely N-dealkylation sites (tertiary alicyclic amines) is 1. The van der Waals surface area contributed by atoms with Crippen molar-refractivity contribution in [2.75, 3.05) is 38.3 Å². The largest absolute Gasteiger partial charge is 0.497 e. The average molecular weight is 618 g/mol. The van der Waals surface area contributed by atoms with E-state index >= 15 is 0 Å². The van der Waals surface area contributed by atoms with E-state index in [9.17, 15) is 19.5 Å². The number of hydrogen-bond acceptors (Lipinski definition) is 6. The predicted molar refractivity (Wildman–Crippen MR) is 175 cm³/mol. The molecule has 9 heteroatoms. The van der Waals surface area contributed by atoms with Crippen LogP contribution in [0, 0.1) is 11.8 Å². The summed E-state index contributed by atoms with van der Waals surface area (Å²) in [5.74, 6) is -0.994. The lowest BCUT2D eigenvalue weighted by atomic mass is 9.70. The van der Waals surface area contributed by atoms with Gasteiger partial charge in [-0.3, -0.25) is 14.4 Å². The van der Waals surface area contributed by atoms with Crippen LogP contribution in [0.15, 0.2) is 79.9 Å². The summed E-state index contributed by atoms with van der Waals surface area (Å²) >= 11 is 1.64. The highest BCUT2D eigenvalue weighted by Gasteiger charge is 2.74. The minimum atomic E-state index is -0.852. The van der Waals surface area contributed by atoms with Crippen LogP contribution < -0.4 is 9.64 Å². The van der Waals surface area contributed by atoms with Crippen molar-refractivity contribution in [2.45, 2.75) is 54.7 Å². The number of aliphatic hydroxyl groups is 1. The van der Waals surface area contributed by atoms with Crippen LogP contribution in [-0.4, -0.2) is 88.1 Å². The second kappa shape index (κ2) is 13.6. The minimum absolute atomic E-state index is 0.0427. The van der Waals surface area contributed by atoms with Gasteiger partial charge >= 0.3 is 0 Å². The SMILES string of the molecule is C=CCN(CCC)C(=O)[C@@H]1[C@@H]2CCC3(S2)C(C(=O)N(CC=C)c2ccc(OC)cc2)N([C@@H](CO)Cc2ccccc2)C(=O)[C@H]13. The highest BCUT2D eigenvalue weighted by Crippen LogP contribution is 2.67. The van der Waals surface area contributed by atoms with Crippen LogP contribution in [0.1, 0.15) is 31.7 Å². The lowest BCUT2D eigenvalue weighted by molar-refractivity contribution is -0.145. The molecule has 0 saturated carbocycles. The van der Waals surface area contributed by atoms with Gasteiger partial charge in [-0.05, 0) is 55.5 Å². The van der Waals surface area contributed by atoms with Crippen molar-refractivity contribution in [1.82, 2.24) is 9.80 Å². The van der Waals surface area contributed by atoms with E-state index in [1.807, 2.05) is 49.4 Å². The topological polar surface area (TPSA) is 90.4 Å². The molecule has 0 aromatic heterocycles. The Morgan fingerprint density at radius 1 is 1.11 bits per heavy atom. The summed E-state index contributed by atoms with van der Waals surface area (Å²) in [6, 6.07) is 15.5. The van der Waals surface area contributed by atoms with Gasteiger partial charge < -0.3 is 24.5 Å². The fourth-order valence-corrected chi connectivity index (χ4v) is 9.66. The third-order valence-electron chi connectivity index (χ3n) is 9.29. The first-order valence-corrected chi connectivity index (χ1v) is 16.3. The van der Waals surface area contributed by atoms with E-state index in [-0.39, 0.29) is 36.1 Å². The van der Waals surface area contributed by atoms with Crippen molar-refractivity contribution < 1.29 is 24.2 Å². The Morgan fingerprint density at radius 3 is 2.43 bits per heavy atom. The number of anilines is 1. The Hall–Kier alpha value is -3.56. The van der Waals surface area contributed by atoms with Crippen LogP contribution in [0.4, 0.5) is 5.69 Å². The monoisotopic (exact) mass is 617 g/mol. The Bertz CT molecular complexity index is 1370. The van der Waals surface area contributed by atoms with Crippen LogP contribution in [0.3, 0.4) is 0 Å². The van der Waals surface area contributed by atoms with Gasteiger partial charge in [-0.2, -0.15) is 0 Å². The Labute approximate surface area is 264 Å². The first-order chi connectivity index (χ1) is 21.3. The summed E-state index contributed by atoms with van der Waals surface area (Å²) in [4.78, 5) is 48.9. The summed E-state index contributed by atoms with van der Waals surface area (Å²) < 4.78 is 4.56. The Kier molecular flexibility index (Phi) is 9.85. The Balaban J connectivity index is 1.60. The molecule has 2 aromatic carbocycles. The molecule has 1 spiro atoms. The number of fused-ring (bicyclic) bond motifs is 1. The predicted octanol–water partition coefficient (Wildman–Crippen LogP) is 4.33. The van der Waals surface area contributed by atoms with Crippen molar-refractivity contribution in [3.05, 3.63) is 85.5 Å². The number of benzene rings is 2. The van der Waals surface area contributed by atoms with E-state index in [4.69, 9.17) is 4.74 Å². The van der Waals surface area contributed by atoms with Gasteiger partial charge in [-0.15, -0.1) is 24.9 Å². The number of thioether (sulfide) groups is 1. The third-order valence-corrected chi connectivity index (χ3v) is 11.2. The summed E-state index contributed by atoms with van der Waals surface area (Å²) in [6.07, 6.45) is 5.99. The number of amides is 3. The summed E-state index contributed by atoms with van der Waals surface area (Å²) in [6.45, 7) is 10.7. The normalized spacial score (nSPS) is 25.8. The highest BCUT2D eigenvalue weighted by atomic mass is 32.2. The molecule has 2 unspecified atom stereocenters. The lowest BCUT2D eigenvalue weighted by Crippen LogP contribution is -2.58. The highest BCUT2D eigenvalue weighted by molar-refractivity contribution is 8.02. The number of carbonyl (C=O) groups is 3. The molecular formula is C35H43N3O5S. The quantitative estimate of drug-likeness (QED) is 0.318. The van der Waals surface area contributed by atoms with Crippen molar-refractivity contribution in [1.29, 1.82) is 0 Å². The summed E-state index contributed by atoms with van der Waals surface area (Å²) in [5, 5.41) is 10.7. The van der Waals surface area contributed by atoms with Gasteiger partial charge in [0.15, 0.2) is 0 Å². The van der Waals surface area contributed by atoms with Crippen LogP contribution in [0.5, 0.6) is 5.75 Å². The van der Waals surface area contributed by atoms with Gasteiger partial charge in [0.25, 0.3) is 5.91 Å². The zero-order valence-electron chi connectivity index (χ0n) is 25.6. The van der Waals surface area contributed by atoms with E-state index in [2.05, 4.69) is 13.2 Å². The molecule has 3 saturated heterocycles. The number of rotatable bonds is 14. The molecule has 8 nitrogen and oxygen atoms in total. The maximum Gasteiger partial charge on any atom is 0.251 e. The van der Waals surface area contributed by atoms with Crippen molar-refractivity contribution >= 4 is 35.2 Å².